The summed E-state index contributed by atoms with van der Waals surface area (Å²) in [6.07, 6.45) is 8.91. The highest BCUT2D eigenvalue weighted by Crippen LogP contribution is 2.31. The minimum Gasteiger partial charge on any atom is -0.404 e. The van der Waals surface area contributed by atoms with Crippen LogP contribution in [0.1, 0.15) is 32.3 Å². The molecule has 0 spiro atoms. The van der Waals surface area contributed by atoms with E-state index in [4.69, 9.17) is 11.5 Å². The maximum Gasteiger partial charge on any atom is 0.271 e. The van der Waals surface area contributed by atoms with Crippen LogP contribution in [-0.2, 0) is 9.59 Å². The number of nitrogens with one attached hydrogen (secondary N) is 2. The number of amides is 2. The summed E-state index contributed by atoms with van der Waals surface area (Å²) in [5, 5.41) is 5.57. The van der Waals surface area contributed by atoms with Gasteiger partial charge in [0.15, 0.2) is 0 Å². The van der Waals surface area contributed by atoms with Gasteiger partial charge >= 0.3 is 0 Å². The van der Waals surface area contributed by atoms with Crippen molar-refractivity contribution in [3.63, 3.8) is 0 Å². The quantitative estimate of drug-likeness (QED) is 0.259. The highest BCUT2D eigenvalue weighted by atomic mass is 19.1. The van der Waals surface area contributed by atoms with Crippen LogP contribution in [-0.4, -0.2) is 32.4 Å². The highest BCUT2D eigenvalue weighted by molar-refractivity contribution is 6.03. The standard InChI is InChI=1S/C28H30FN7O2/c1-16-4-7-21(35-27(38)23(31)9-20(12-30)28(2,3)29)10-22(16)18-8-19(14-32-13-18)24-11-25(34-15-33-24)36-26(37)17-5-6-17/h4,7-15,17H,5-6,30-31H2,1-3H3,(H,35,38)(H,33,34,36,37)/b20-12+,23-9-. The van der Waals surface area contributed by atoms with E-state index in [-0.39, 0.29) is 23.1 Å². The van der Waals surface area contributed by atoms with Crippen molar-refractivity contribution in [1.82, 2.24) is 15.0 Å². The number of carbonyl (C=O) groups excluding carboxylic acids is 2. The molecule has 0 bridgehead atoms. The molecule has 0 saturated heterocycles. The lowest BCUT2D eigenvalue weighted by Gasteiger charge is -2.16. The fraction of sp³-hybridized carbons (Fsp3) is 0.250. The predicted molar refractivity (Wildman–Crippen MR) is 145 cm³/mol. The first kappa shape index (κ1) is 26.5. The van der Waals surface area contributed by atoms with Gasteiger partial charge in [0.2, 0.25) is 5.91 Å². The maximum absolute atomic E-state index is 14.2. The van der Waals surface area contributed by atoms with E-state index in [0.29, 0.717) is 17.2 Å². The molecule has 2 aromatic heterocycles. The third-order valence-corrected chi connectivity index (χ3v) is 6.15. The van der Waals surface area contributed by atoms with Crippen molar-refractivity contribution in [3.8, 4) is 22.4 Å². The molecule has 0 aliphatic heterocycles. The van der Waals surface area contributed by atoms with Gasteiger partial charge in [0.1, 0.15) is 17.8 Å². The van der Waals surface area contributed by atoms with Crippen molar-refractivity contribution in [2.24, 2.45) is 17.4 Å². The Bertz CT molecular complexity index is 1440. The van der Waals surface area contributed by atoms with E-state index in [0.717, 1.165) is 41.3 Å². The molecule has 10 heteroatoms. The second-order valence-corrected chi connectivity index (χ2v) is 9.69. The topological polar surface area (TPSA) is 149 Å². The maximum atomic E-state index is 14.2. The molecular formula is C28H30FN7O2. The number of carbonyl (C=O) groups is 2. The number of hydrogen-bond donors (Lipinski definition) is 4. The van der Waals surface area contributed by atoms with Crippen LogP contribution >= 0.6 is 0 Å². The van der Waals surface area contributed by atoms with Crippen molar-refractivity contribution in [2.45, 2.75) is 39.3 Å². The monoisotopic (exact) mass is 515 g/mol. The summed E-state index contributed by atoms with van der Waals surface area (Å²) in [6.45, 7) is 4.60. The van der Waals surface area contributed by atoms with E-state index in [1.54, 1.807) is 30.6 Å². The minimum atomic E-state index is -1.75. The van der Waals surface area contributed by atoms with Gasteiger partial charge in [-0.2, -0.15) is 0 Å². The van der Waals surface area contributed by atoms with Crippen LogP contribution in [0.2, 0.25) is 0 Å². The summed E-state index contributed by atoms with van der Waals surface area (Å²) in [5.41, 5.74) is 14.0. The van der Waals surface area contributed by atoms with Gasteiger partial charge in [0.25, 0.3) is 5.91 Å². The van der Waals surface area contributed by atoms with Crippen LogP contribution in [0.4, 0.5) is 15.9 Å². The molecule has 1 fully saturated rings. The molecule has 4 rings (SSSR count). The molecule has 6 N–H and O–H groups in total. The molecule has 9 nitrogen and oxygen atoms in total. The second kappa shape index (κ2) is 10.8. The Balaban J connectivity index is 1.56. The summed E-state index contributed by atoms with van der Waals surface area (Å²) >= 11 is 0. The average molecular weight is 516 g/mol. The van der Waals surface area contributed by atoms with Gasteiger partial charge in [-0.15, -0.1) is 0 Å². The van der Waals surface area contributed by atoms with Crippen LogP contribution in [0.15, 0.2) is 72.6 Å². The SMILES string of the molecule is Cc1ccc(NC(=O)/C(N)=C/C(=C\N)C(C)(C)F)cc1-c1cncc(-c2cc(NC(=O)C3CC3)ncn2)c1. The number of pyridine rings is 1. The molecule has 0 unspecified atom stereocenters. The van der Waals surface area contributed by atoms with E-state index in [9.17, 15) is 14.0 Å². The molecule has 1 aromatic carbocycles. The molecule has 1 aliphatic rings. The van der Waals surface area contributed by atoms with E-state index in [1.807, 2.05) is 19.1 Å². The van der Waals surface area contributed by atoms with E-state index in [1.165, 1.54) is 26.3 Å². The smallest absolute Gasteiger partial charge is 0.271 e. The fourth-order valence-electron chi connectivity index (χ4n) is 3.75. The van der Waals surface area contributed by atoms with Crippen LogP contribution < -0.4 is 22.1 Å². The number of anilines is 2. The van der Waals surface area contributed by atoms with E-state index < -0.39 is 11.6 Å². The first-order chi connectivity index (χ1) is 18.0. The van der Waals surface area contributed by atoms with Gasteiger partial charge in [-0.1, -0.05) is 6.07 Å². The molecule has 1 saturated carbocycles. The van der Waals surface area contributed by atoms with Gasteiger partial charge < -0.3 is 22.1 Å². The predicted octanol–water partition coefficient (Wildman–Crippen LogP) is 4.23. The molecule has 196 valence electrons. The largest absolute Gasteiger partial charge is 0.404 e. The lowest BCUT2D eigenvalue weighted by molar-refractivity contribution is -0.117. The van der Waals surface area contributed by atoms with Crippen LogP contribution in [0.3, 0.4) is 0 Å². The Morgan fingerprint density at radius 1 is 1.08 bits per heavy atom. The zero-order valence-corrected chi connectivity index (χ0v) is 21.5. The Hall–Kier alpha value is -4.60. The lowest BCUT2D eigenvalue weighted by Crippen LogP contribution is -2.23. The summed E-state index contributed by atoms with van der Waals surface area (Å²) < 4.78 is 14.2. The summed E-state index contributed by atoms with van der Waals surface area (Å²) in [4.78, 5) is 37.6. The van der Waals surface area contributed by atoms with Crippen LogP contribution in [0.5, 0.6) is 0 Å². The second-order valence-electron chi connectivity index (χ2n) is 9.69. The third kappa shape index (κ3) is 6.39. The molecule has 0 atom stereocenters. The summed E-state index contributed by atoms with van der Waals surface area (Å²) in [6, 6.07) is 9.05. The molecule has 2 amide bonds. The van der Waals surface area contributed by atoms with Crippen molar-refractivity contribution in [3.05, 3.63) is 78.2 Å². The molecule has 0 radical (unpaired) electrons. The Kier molecular flexibility index (Phi) is 7.52. The van der Waals surface area contributed by atoms with Crippen molar-refractivity contribution < 1.29 is 14.0 Å². The van der Waals surface area contributed by atoms with Gasteiger partial charge in [0, 0.05) is 53.0 Å². The van der Waals surface area contributed by atoms with Crippen LogP contribution in [0.25, 0.3) is 22.4 Å². The van der Waals surface area contributed by atoms with Gasteiger partial charge in [-0.25, -0.2) is 14.4 Å². The van der Waals surface area contributed by atoms with Crippen LogP contribution in [0, 0.1) is 12.8 Å². The minimum absolute atomic E-state index is 0.0322. The first-order valence-electron chi connectivity index (χ1n) is 12.1. The molecule has 1 aliphatic carbocycles. The van der Waals surface area contributed by atoms with Crippen molar-refractivity contribution in [1.29, 1.82) is 0 Å². The van der Waals surface area contributed by atoms with Gasteiger partial charge in [0.05, 0.1) is 11.4 Å². The molecular weight excluding hydrogens is 485 g/mol. The number of nitrogens with zero attached hydrogens (tertiary/aromatic N) is 3. The van der Waals surface area contributed by atoms with E-state index >= 15 is 0 Å². The number of allylic oxidation sites excluding steroid dienone is 2. The third-order valence-electron chi connectivity index (χ3n) is 6.15. The number of rotatable bonds is 8. The van der Waals surface area contributed by atoms with E-state index in [2.05, 4.69) is 25.6 Å². The number of hydrogen-bond acceptors (Lipinski definition) is 7. The normalized spacial score (nSPS) is 14.2. The molecule has 38 heavy (non-hydrogen) atoms. The number of aromatic nitrogens is 3. The summed E-state index contributed by atoms with van der Waals surface area (Å²) in [7, 11) is 0. The first-order valence-corrected chi connectivity index (χ1v) is 12.1. The highest BCUT2D eigenvalue weighted by Gasteiger charge is 2.29. The molecule has 3 aromatic rings. The zero-order chi connectivity index (χ0) is 27.4. The Labute approximate surface area is 220 Å². The number of benzene rings is 1. The Morgan fingerprint density at radius 2 is 1.82 bits per heavy atom. The zero-order valence-electron chi connectivity index (χ0n) is 21.5. The number of halogens is 1. The lowest BCUT2D eigenvalue weighted by atomic mass is 9.99. The number of alkyl halides is 1. The van der Waals surface area contributed by atoms with Crippen molar-refractivity contribution in [2.75, 3.05) is 10.6 Å². The summed E-state index contributed by atoms with van der Waals surface area (Å²) in [5.74, 6) is -0.116. The van der Waals surface area contributed by atoms with Gasteiger partial charge in [-0.05, 0) is 69.0 Å². The number of nitrogens with two attached hydrogens (primary N) is 2. The fourth-order valence-corrected chi connectivity index (χ4v) is 3.75. The molecule has 2 heterocycles. The average Bonchev–Trinajstić information content (AvgIpc) is 3.73. The van der Waals surface area contributed by atoms with Crippen molar-refractivity contribution >= 4 is 23.3 Å². The van der Waals surface area contributed by atoms with Gasteiger partial charge in [-0.3, -0.25) is 14.6 Å². The number of aryl methyl sites for hydroxylation is 1. The Morgan fingerprint density at radius 3 is 2.50 bits per heavy atom.